The summed E-state index contributed by atoms with van der Waals surface area (Å²) in [7, 11) is -0.977. The minimum Gasteiger partial charge on any atom is -0.304 e. The van der Waals surface area contributed by atoms with E-state index in [1.165, 1.54) is 0 Å². The maximum atomic E-state index is 12.4. The van der Waals surface area contributed by atoms with E-state index in [1.807, 2.05) is 0 Å². The van der Waals surface area contributed by atoms with Gasteiger partial charge in [0.1, 0.15) is 0 Å². The Morgan fingerprint density at radius 2 is 1.86 bits per heavy atom. The second-order valence-corrected chi connectivity index (χ2v) is 8.33. The molecule has 2 saturated heterocycles. The molecule has 0 aromatic heterocycles. The van der Waals surface area contributed by atoms with Crippen LogP contribution in [0.15, 0.2) is 12.7 Å². The fourth-order valence-corrected chi connectivity index (χ4v) is 4.71. The van der Waals surface area contributed by atoms with Crippen LogP contribution in [0.2, 0.25) is 0 Å². The van der Waals surface area contributed by atoms with Gasteiger partial charge in [-0.15, -0.1) is 6.58 Å². The van der Waals surface area contributed by atoms with Crippen molar-refractivity contribution < 1.29 is 8.42 Å². The number of piperazine rings is 1. The number of rotatable bonds is 5. The maximum Gasteiger partial charge on any atom is 0.214 e. The lowest BCUT2D eigenvalue weighted by Crippen LogP contribution is -2.52. The summed E-state index contributed by atoms with van der Waals surface area (Å²) in [6.07, 6.45) is 5.46. The first-order valence-corrected chi connectivity index (χ1v) is 9.65. The van der Waals surface area contributed by atoms with Gasteiger partial charge in [-0.1, -0.05) is 12.5 Å². The zero-order valence-electron chi connectivity index (χ0n) is 13.2. The number of hydrogen-bond acceptors (Lipinski definition) is 4. The zero-order valence-corrected chi connectivity index (χ0v) is 14.0. The van der Waals surface area contributed by atoms with E-state index in [9.17, 15) is 8.42 Å². The molecule has 6 heteroatoms. The molecule has 0 radical (unpaired) electrons. The highest BCUT2D eigenvalue weighted by atomic mass is 32.2. The summed E-state index contributed by atoms with van der Waals surface area (Å²) in [6, 6.07) is 0.389. The normalized spacial score (nSPS) is 27.4. The molecule has 0 N–H and O–H groups in total. The lowest BCUT2D eigenvalue weighted by Gasteiger charge is -2.38. The first-order valence-electron chi connectivity index (χ1n) is 8.04. The Balaban J connectivity index is 1.99. The van der Waals surface area contributed by atoms with E-state index < -0.39 is 10.0 Å². The van der Waals surface area contributed by atoms with Gasteiger partial charge in [0, 0.05) is 45.3 Å². The Kier molecular flexibility index (Phi) is 6.22. The predicted octanol–water partition coefficient (Wildman–Crippen LogP) is 0.994. The summed E-state index contributed by atoms with van der Waals surface area (Å²) in [5.74, 6) is 0.200. The molecule has 1 atom stereocenters. The van der Waals surface area contributed by atoms with Crippen LogP contribution < -0.4 is 0 Å². The molecular weight excluding hydrogens is 286 g/mol. The van der Waals surface area contributed by atoms with Crippen LogP contribution in [0, 0.1) is 0 Å². The van der Waals surface area contributed by atoms with E-state index in [0.29, 0.717) is 25.6 Å². The lowest BCUT2D eigenvalue weighted by molar-refractivity contribution is 0.100. The standard InChI is InChI=1S/C15H29N3O2S/c1-3-4-13-21(19,20)18-8-6-5-7-15(14-18)17-11-9-16(2)10-12-17/h3,15H,1,4-14H2,2H3. The van der Waals surface area contributed by atoms with Gasteiger partial charge in [-0.3, -0.25) is 4.90 Å². The third-order valence-electron chi connectivity index (χ3n) is 4.64. The van der Waals surface area contributed by atoms with Crippen molar-refractivity contribution in [1.82, 2.24) is 14.1 Å². The third kappa shape index (κ3) is 4.77. The largest absolute Gasteiger partial charge is 0.304 e. The van der Waals surface area contributed by atoms with Gasteiger partial charge in [-0.25, -0.2) is 12.7 Å². The summed E-state index contributed by atoms with van der Waals surface area (Å²) in [6.45, 7) is 9.26. The van der Waals surface area contributed by atoms with Crippen LogP contribution in [0.3, 0.4) is 0 Å². The van der Waals surface area contributed by atoms with Gasteiger partial charge < -0.3 is 4.90 Å². The fraction of sp³-hybridized carbons (Fsp3) is 0.867. The summed E-state index contributed by atoms with van der Waals surface area (Å²) in [5.41, 5.74) is 0. The summed E-state index contributed by atoms with van der Waals surface area (Å²) >= 11 is 0. The van der Waals surface area contributed by atoms with Gasteiger partial charge in [-0.2, -0.15) is 0 Å². The van der Waals surface area contributed by atoms with Crippen LogP contribution in [-0.2, 0) is 10.0 Å². The lowest BCUT2D eigenvalue weighted by atomic mass is 10.1. The molecule has 2 aliphatic heterocycles. The molecule has 2 aliphatic rings. The zero-order chi connectivity index (χ0) is 15.3. The van der Waals surface area contributed by atoms with Crippen LogP contribution in [-0.4, -0.2) is 80.6 Å². The first kappa shape index (κ1) is 16.9. The van der Waals surface area contributed by atoms with Crippen molar-refractivity contribution >= 4 is 10.0 Å². The van der Waals surface area contributed by atoms with Crippen LogP contribution >= 0.6 is 0 Å². The molecule has 21 heavy (non-hydrogen) atoms. The van der Waals surface area contributed by atoms with E-state index in [-0.39, 0.29) is 5.75 Å². The molecular formula is C15H29N3O2S. The molecule has 0 amide bonds. The van der Waals surface area contributed by atoms with Crippen molar-refractivity contribution in [3.63, 3.8) is 0 Å². The van der Waals surface area contributed by atoms with Crippen molar-refractivity contribution in [2.24, 2.45) is 0 Å². The Morgan fingerprint density at radius 3 is 2.52 bits per heavy atom. The average Bonchev–Trinajstić information content (AvgIpc) is 2.72. The molecule has 5 nitrogen and oxygen atoms in total. The monoisotopic (exact) mass is 315 g/mol. The number of hydrogen-bond donors (Lipinski definition) is 0. The second kappa shape index (κ2) is 7.72. The van der Waals surface area contributed by atoms with Crippen LogP contribution in [0.5, 0.6) is 0 Å². The minimum absolute atomic E-state index is 0.200. The quantitative estimate of drug-likeness (QED) is 0.710. The van der Waals surface area contributed by atoms with Crippen LogP contribution in [0.1, 0.15) is 25.7 Å². The van der Waals surface area contributed by atoms with E-state index in [1.54, 1.807) is 10.4 Å². The van der Waals surface area contributed by atoms with E-state index in [0.717, 1.165) is 45.4 Å². The second-order valence-electron chi connectivity index (χ2n) is 6.24. The van der Waals surface area contributed by atoms with Gasteiger partial charge in [-0.05, 0) is 26.3 Å². The Morgan fingerprint density at radius 1 is 1.14 bits per heavy atom. The molecule has 2 heterocycles. The van der Waals surface area contributed by atoms with Crippen molar-refractivity contribution in [2.75, 3.05) is 52.1 Å². The Bertz CT molecular complexity index is 430. The van der Waals surface area contributed by atoms with Crippen molar-refractivity contribution in [1.29, 1.82) is 0 Å². The molecule has 1 unspecified atom stereocenters. The molecule has 0 aliphatic carbocycles. The highest BCUT2D eigenvalue weighted by Gasteiger charge is 2.30. The summed E-state index contributed by atoms with van der Waals surface area (Å²) in [4.78, 5) is 4.83. The van der Waals surface area contributed by atoms with Gasteiger partial charge in [0.25, 0.3) is 0 Å². The van der Waals surface area contributed by atoms with Crippen molar-refractivity contribution in [2.45, 2.75) is 31.7 Å². The van der Waals surface area contributed by atoms with Gasteiger partial charge in [0.2, 0.25) is 10.0 Å². The maximum absolute atomic E-state index is 12.4. The number of sulfonamides is 1. The highest BCUT2D eigenvalue weighted by Crippen LogP contribution is 2.20. The summed E-state index contributed by atoms with van der Waals surface area (Å²) < 4.78 is 26.6. The molecule has 0 bridgehead atoms. The Labute approximate surface area is 129 Å². The van der Waals surface area contributed by atoms with Gasteiger partial charge in [0.15, 0.2) is 0 Å². The van der Waals surface area contributed by atoms with Gasteiger partial charge >= 0.3 is 0 Å². The van der Waals surface area contributed by atoms with Crippen molar-refractivity contribution in [3.05, 3.63) is 12.7 Å². The first-order chi connectivity index (χ1) is 10.0. The summed E-state index contributed by atoms with van der Waals surface area (Å²) in [5, 5.41) is 0. The van der Waals surface area contributed by atoms with E-state index in [2.05, 4.69) is 23.4 Å². The predicted molar refractivity (Wildman–Crippen MR) is 86.9 cm³/mol. The molecule has 2 fully saturated rings. The van der Waals surface area contributed by atoms with Crippen molar-refractivity contribution in [3.8, 4) is 0 Å². The SMILES string of the molecule is C=CCCS(=O)(=O)N1CCCCC(N2CCN(C)CC2)C1. The molecule has 0 saturated carbocycles. The van der Waals surface area contributed by atoms with Crippen LogP contribution in [0.25, 0.3) is 0 Å². The fourth-order valence-electron chi connectivity index (χ4n) is 3.18. The molecule has 0 aromatic carbocycles. The smallest absolute Gasteiger partial charge is 0.214 e. The van der Waals surface area contributed by atoms with E-state index >= 15 is 0 Å². The average molecular weight is 315 g/mol. The molecule has 0 spiro atoms. The molecule has 0 aromatic rings. The highest BCUT2D eigenvalue weighted by molar-refractivity contribution is 7.89. The molecule has 122 valence electrons. The Hall–Kier alpha value is -0.430. The third-order valence-corrected chi connectivity index (χ3v) is 6.51. The number of nitrogens with zero attached hydrogens (tertiary/aromatic N) is 3. The van der Waals surface area contributed by atoms with Crippen LogP contribution in [0.4, 0.5) is 0 Å². The minimum atomic E-state index is -3.13. The van der Waals surface area contributed by atoms with Gasteiger partial charge in [0.05, 0.1) is 5.75 Å². The number of allylic oxidation sites excluding steroid dienone is 1. The molecule has 2 rings (SSSR count). The van der Waals surface area contributed by atoms with E-state index in [4.69, 9.17) is 0 Å². The number of likely N-dealkylation sites (N-methyl/N-ethyl adjacent to an activating group) is 1. The topological polar surface area (TPSA) is 43.9 Å².